The van der Waals surface area contributed by atoms with E-state index in [0.717, 1.165) is 5.92 Å². The predicted octanol–water partition coefficient (Wildman–Crippen LogP) is 4.88. The summed E-state index contributed by atoms with van der Waals surface area (Å²) in [4.78, 5) is 0. The average Bonchev–Trinajstić information content (AvgIpc) is 2.86. The number of fused-ring (bicyclic) bond motifs is 1. The number of hydrogen-bond donors (Lipinski definition) is 0. The molecule has 1 radical (unpaired) electrons. The van der Waals surface area contributed by atoms with Crippen molar-refractivity contribution in [2.75, 3.05) is 0 Å². The van der Waals surface area contributed by atoms with Crippen LogP contribution >= 0.6 is 8.58 Å². The SMILES string of the molecule is CCCCCCCCC(C)C1=c2ccccc2=C[P]1. The molecule has 0 N–H and O–H groups in total. The van der Waals surface area contributed by atoms with Crippen LogP contribution in [0.3, 0.4) is 0 Å². The van der Waals surface area contributed by atoms with E-state index in [-0.39, 0.29) is 0 Å². The van der Waals surface area contributed by atoms with Crippen molar-refractivity contribution in [2.45, 2.75) is 58.8 Å². The zero-order valence-electron chi connectivity index (χ0n) is 12.4. The number of hydrogen-bond acceptors (Lipinski definition) is 0. The van der Waals surface area contributed by atoms with Gasteiger partial charge in [0.05, 0.1) is 0 Å². The third-order valence-corrected chi connectivity index (χ3v) is 5.40. The summed E-state index contributed by atoms with van der Waals surface area (Å²) in [6, 6.07) is 8.85. The third kappa shape index (κ3) is 4.18. The van der Waals surface area contributed by atoms with E-state index in [2.05, 4.69) is 43.9 Å². The first kappa shape index (κ1) is 14.8. The van der Waals surface area contributed by atoms with Crippen LogP contribution in [-0.4, -0.2) is 0 Å². The second-order valence-corrected chi connectivity index (χ2v) is 6.69. The minimum Gasteiger partial charge on any atom is -0.0654 e. The highest BCUT2D eigenvalue weighted by Crippen LogP contribution is 2.36. The first-order valence-electron chi connectivity index (χ1n) is 7.83. The van der Waals surface area contributed by atoms with E-state index in [1.54, 1.807) is 5.31 Å². The molecule has 1 heterocycles. The van der Waals surface area contributed by atoms with Crippen molar-refractivity contribution in [3.05, 3.63) is 34.7 Å². The zero-order chi connectivity index (χ0) is 13.5. The van der Waals surface area contributed by atoms with E-state index in [1.807, 2.05) is 0 Å². The van der Waals surface area contributed by atoms with Crippen molar-refractivity contribution in [2.24, 2.45) is 5.92 Å². The van der Waals surface area contributed by atoms with Gasteiger partial charge >= 0.3 is 0 Å². The number of benzene rings is 1. The highest BCUT2D eigenvalue weighted by Gasteiger charge is 2.13. The summed E-state index contributed by atoms with van der Waals surface area (Å²) in [6.45, 7) is 4.69. The summed E-state index contributed by atoms with van der Waals surface area (Å²) in [5, 5.41) is 4.58. The molecule has 2 rings (SSSR count). The van der Waals surface area contributed by atoms with Crippen molar-refractivity contribution in [3.8, 4) is 0 Å². The van der Waals surface area contributed by atoms with Crippen LogP contribution in [-0.2, 0) is 0 Å². The molecular weight excluding hydrogens is 247 g/mol. The van der Waals surface area contributed by atoms with Crippen molar-refractivity contribution in [1.29, 1.82) is 0 Å². The molecule has 1 aliphatic heterocycles. The van der Waals surface area contributed by atoms with Gasteiger partial charge in [0.1, 0.15) is 0 Å². The van der Waals surface area contributed by atoms with Crippen LogP contribution in [0.1, 0.15) is 58.8 Å². The second-order valence-electron chi connectivity index (χ2n) is 5.69. The summed E-state index contributed by atoms with van der Waals surface area (Å²) in [5.41, 5.74) is 0. The van der Waals surface area contributed by atoms with Crippen LogP contribution < -0.4 is 10.4 Å². The molecule has 1 aliphatic rings. The highest BCUT2D eigenvalue weighted by atomic mass is 31.1. The minimum absolute atomic E-state index is 0.743. The predicted molar refractivity (Wildman–Crippen MR) is 87.6 cm³/mol. The third-order valence-electron chi connectivity index (χ3n) is 4.04. The summed E-state index contributed by atoms with van der Waals surface area (Å²) in [5.74, 6) is 3.11. The molecule has 0 nitrogen and oxygen atoms in total. The van der Waals surface area contributed by atoms with Crippen molar-refractivity contribution < 1.29 is 0 Å². The Hall–Kier alpha value is -0.610. The lowest BCUT2D eigenvalue weighted by atomic mass is 10.00. The van der Waals surface area contributed by atoms with E-state index < -0.39 is 0 Å². The zero-order valence-corrected chi connectivity index (χ0v) is 13.3. The molecule has 1 atom stereocenters. The largest absolute Gasteiger partial charge is 0.0654 e. The van der Waals surface area contributed by atoms with Gasteiger partial charge in [-0.2, -0.15) is 0 Å². The molecule has 0 spiro atoms. The van der Waals surface area contributed by atoms with Gasteiger partial charge in [0.15, 0.2) is 0 Å². The Kier molecular flexibility index (Phi) is 6.11. The lowest BCUT2D eigenvalue weighted by Crippen LogP contribution is -2.23. The van der Waals surface area contributed by atoms with E-state index in [0.29, 0.717) is 0 Å². The fraction of sp³-hybridized carbons (Fsp3) is 0.556. The maximum atomic E-state index is 2.41. The Morgan fingerprint density at radius 2 is 1.74 bits per heavy atom. The smallest absolute Gasteiger partial charge is 0.0137 e. The first-order valence-corrected chi connectivity index (χ1v) is 8.79. The summed E-state index contributed by atoms with van der Waals surface area (Å²) in [6.07, 6.45) is 9.78. The van der Waals surface area contributed by atoms with Crippen LogP contribution in [0, 0.1) is 5.92 Å². The van der Waals surface area contributed by atoms with Gasteiger partial charge < -0.3 is 0 Å². The van der Waals surface area contributed by atoms with Gasteiger partial charge in [0.25, 0.3) is 0 Å². The number of rotatable bonds is 8. The van der Waals surface area contributed by atoms with Gasteiger partial charge in [-0.15, -0.1) is 0 Å². The highest BCUT2D eigenvalue weighted by molar-refractivity contribution is 7.58. The first-order chi connectivity index (χ1) is 9.33. The van der Waals surface area contributed by atoms with E-state index >= 15 is 0 Å². The molecule has 0 fully saturated rings. The Bertz CT molecular complexity index is 501. The molecule has 0 saturated carbocycles. The minimum atomic E-state index is 0.743. The van der Waals surface area contributed by atoms with Gasteiger partial charge in [-0.1, -0.05) is 76.6 Å². The monoisotopic (exact) mass is 273 g/mol. The van der Waals surface area contributed by atoms with E-state index in [1.165, 1.54) is 64.0 Å². The van der Waals surface area contributed by atoms with Crippen LogP contribution in [0.4, 0.5) is 0 Å². The summed E-state index contributed by atoms with van der Waals surface area (Å²) >= 11 is 0. The Balaban J connectivity index is 1.82. The molecule has 0 saturated heterocycles. The molecule has 1 aromatic carbocycles. The lowest BCUT2D eigenvalue weighted by molar-refractivity contribution is 0.552. The fourth-order valence-corrected chi connectivity index (χ4v) is 4.04. The Morgan fingerprint density at radius 3 is 2.58 bits per heavy atom. The lowest BCUT2D eigenvalue weighted by Gasteiger charge is -2.12. The van der Waals surface area contributed by atoms with Gasteiger partial charge in [-0.05, 0) is 42.5 Å². The molecule has 0 aromatic heterocycles. The molecule has 103 valence electrons. The van der Waals surface area contributed by atoms with Gasteiger partial charge in [-0.3, -0.25) is 0 Å². The van der Waals surface area contributed by atoms with Gasteiger partial charge in [0, 0.05) is 0 Å². The normalized spacial score (nSPS) is 16.4. The molecule has 0 aliphatic carbocycles. The van der Waals surface area contributed by atoms with Crippen molar-refractivity contribution in [1.82, 2.24) is 0 Å². The topological polar surface area (TPSA) is 0 Å². The van der Waals surface area contributed by atoms with Gasteiger partial charge in [-0.25, -0.2) is 0 Å². The van der Waals surface area contributed by atoms with Crippen LogP contribution in [0.15, 0.2) is 24.3 Å². The van der Waals surface area contributed by atoms with Crippen LogP contribution in [0.25, 0.3) is 11.1 Å². The molecule has 19 heavy (non-hydrogen) atoms. The van der Waals surface area contributed by atoms with Crippen molar-refractivity contribution in [3.63, 3.8) is 0 Å². The Morgan fingerprint density at radius 1 is 1.00 bits per heavy atom. The maximum absolute atomic E-state index is 2.41. The molecule has 0 bridgehead atoms. The van der Waals surface area contributed by atoms with Gasteiger partial charge in [0.2, 0.25) is 0 Å². The molecular formula is C18H26P. The number of unbranched alkanes of at least 4 members (excludes halogenated alkanes) is 5. The summed E-state index contributed by atoms with van der Waals surface area (Å²) in [7, 11) is 1.43. The van der Waals surface area contributed by atoms with Crippen molar-refractivity contribution >= 4 is 19.7 Å². The summed E-state index contributed by atoms with van der Waals surface area (Å²) < 4.78 is 0. The van der Waals surface area contributed by atoms with E-state index in [4.69, 9.17) is 0 Å². The van der Waals surface area contributed by atoms with E-state index in [9.17, 15) is 0 Å². The second kappa shape index (κ2) is 7.85. The molecule has 1 heteroatoms. The molecule has 1 unspecified atom stereocenters. The Labute approximate surface area is 119 Å². The molecule has 1 aromatic rings. The van der Waals surface area contributed by atoms with Crippen LogP contribution in [0.5, 0.6) is 0 Å². The maximum Gasteiger partial charge on any atom is -0.0137 e. The fourth-order valence-electron chi connectivity index (χ4n) is 2.81. The molecule has 0 amide bonds. The standard InChI is InChI=1S/C18H26P/c1-3-4-5-6-7-8-11-15(2)18-17-13-10-9-12-16(17)14-19-18/h9-10,12-15H,3-8,11H2,1-2H3. The van der Waals surface area contributed by atoms with Crippen LogP contribution in [0.2, 0.25) is 0 Å². The quantitative estimate of drug-likeness (QED) is 0.468. The average molecular weight is 273 g/mol.